The highest BCUT2D eigenvalue weighted by Gasteiger charge is 2.22. The lowest BCUT2D eigenvalue weighted by molar-refractivity contribution is -0.136. The average molecular weight is 383 g/mol. The van der Waals surface area contributed by atoms with Crippen molar-refractivity contribution in [3.8, 4) is 5.75 Å². The predicted molar refractivity (Wildman–Crippen MR) is 106 cm³/mol. The SMILES string of the molecule is CCOc1ccc(NC(=O)C(=O)NCC2CCN(c3cnccn3)CC2)cc1. The molecule has 2 N–H and O–H groups in total. The third kappa shape index (κ3) is 5.42. The summed E-state index contributed by atoms with van der Waals surface area (Å²) in [5, 5.41) is 5.33. The molecule has 0 atom stereocenters. The van der Waals surface area contributed by atoms with Gasteiger partial charge >= 0.3 is 11.8 Å². The van der Waals surface area contributed by atoms with Gasteiger partial charge in [0.25, 0.3) is 0 Å². The minimum Gasteiger partial charge on any atom is -0.494 e. The van der Waals surface area contributed by atoms with Crippen molar-refractivity contribution in [2.45, 2.75) is 19.8 Å². The van der Waals surface area contributed by atoms with Crippen LogP contribution in [0.5, 0.6) is 5.75 Å². The summed E-state index contributed by atoms with van der Waals surface area (Å²) in [5.74, 6) is 0.652. The zero-order chi connectivity index (χ0) is 19.8. The summed E-state index contributed by atoms with van der Waals surface area (Å²) in [5.41, 5.74) is 0.556. The highest BCUT2D eigenvalue weighted by atomic mass is 16.5. The summed E-state index contributed by atoms with van der Waals surface area (Å²) in [6, 6.07) is 6.92. The fourth-order valence-electron chi connectivity index (χ4n) is 3.13. The van der Waals surface area contributed by atoms with Crippen LogP contribution in [-0.4, -0.2) is 48.0 Å². The number of hydrogen-bond acceptors (Lipinski definition) is 6. The van der Waals surface area contributed by atoms with Crippen LogP contribution in [0.2, 0.25) is 0 Å². The van der Waals surface area contributed by atoms with Crippen LogP contribution in [-0.2, 0) is 9.59 Å². The number of rotatable bonds is 6. The standard InChI is InChI=1S/C20H25N5O3/c1-2-28-17-5-3-16(4-6-17)24-20(27)19(26)23-13-15-7-11-25(12-8-15)18-14-21-9-10-22-18/h3-6,9-10,14-15H,2,7-8,11-13H2,1H3,(H,23,26)(H,24,27). The van der Waals surface area contributed by atoms with E-state index in [0.29, 0.717) is 24.8 Å². The number of carbonyl (C=O) groups excluding carboxylic acids is 2. The van der Waals surface area contributed by atoms with Crippen LogP contribution >= 0.6 is 0 Å². The molecule has 1 saturated heterocycles. The van der Waals surface area contributed by atoms with Crippen molar-refractivity contribution in [3.05, 3.63) is 42.9 Å². The number of nitrogens with one attached hydrogen (secondary N) is 2. The summed E-state index contributed by atoms with van der Waals surface area (Å²) in [7, 11) is 0. The second-order valence-electron chi connectivity index (χ2n) is 6.62. The molecule has 0 aliphatic carbocycles. The summed E-state index contributed by atoms with van der Waals surface area (Å²) in [6.07, 6.45) is 6.96. The molecule has 8 nitrogen and oxygen atoms in total. The van der Waals surface area contributed by atoms with Gasteiger partial charge in [0.1, 0.15) is 11.6 Å². The fourth-order valence-corrected chi connectivity index (χ4v) is 3.13. The molecular weight excluding hydrogens is 358 g/mol. The van der Waals surface area contributed by atoms with E-state index in [0.717, 1.165) is 37.5 Å². The molecule has 1 aliphatic rings. The molecule has 2 aromatic rings. The van der Waals surface area contributed by atoms with Crippen molar-refractivity contribution in [1.82, 2.24) is 15.3 Å². The third-order valence-electron chi connectivity index (χ3n) is 4.67. The Balaban J connectivity index is 1.40. The highest BCUT2D eigenvalue weighted by Crippen LogP contribution is 2.20. The lowest BCUT2D eigenvalue weighted by Crippen LogP contribution is -2.42. The lowest BCUT2D eigenvalue weighted by atomic mass is 9.97. The fraction of sp³-hybridized carbons (Fsp3) is 0.400. The van der Waals surface area contributed by atoms with E-state index in [9.17, 15) is 9.59 Å². The smallest absolute Gasteiger partial charge is 0.313 e. The van der Waals surface area contributed by atoms with E-state index in [4.69, 9.17) is 4.74 Å². The summed E-state index contributed by atoms with van der Waals surface area (Å²) >= 11 is 0. The number of ether oxygens (including phenoxy) is 1. The maximum Gasteiger partial charge on any atom is 0.313 e. The monoisotopic (exact) mass is 383 g/mol. The first-order chi connectivity index (χ1) is 13.7. The predicted octanol–water partition coefficient (Wildman–Crippen LogP) is 1.85. The average Bonchev–Trinajstić information content (AvgIpc) is 2.74. The molecule has 3 rings (SSSR count). The molecule has 0 unspecified atom stereocenters. The molecule has 1 fully saturated rings. The molecule has 1 aliphatic heterocycles. The van der Waals surface area contributed by atoms with Crippen molar-refractivity contribution >= 4 is 23.3 Å². The number of hydrogen-bond donors (Lipinski definition) is 2. The largest absolute Gasteiger partial charge is 0.494 e. The number of aromatic nitrogens is 2. The Bertz CT molecular complexity index is 774. The van der Waals surface area contributed by atoms with E-state index in [-0.39, 0.29) is 0 Å². The zero-order valence-corrected chi connectivity index (χ0v) is 15.9. The Hall–Kier alpha value is -3.16. The summed E-state index contributed by atoms with van der Waals surface area (Å²) < 4.78 is 5.35. The first kappa shape index (κ1) is 19.6. The molecule has 2 amide bonds. The van der Waals surface area contributed by atoms with E-state index < -0.39 is 11.8 Å². The van der Waals surface area contributed by atoms with Gasteiger partial charge in [0.05, 0.1) is 12.8 Å². The van der Waals surface area contributed by atoms with Crippen molar-refractivity contribution in [2.75, 3.05) is 36.5 Å². The van der Waals surface area contributed by atoms with Gasteiger partial charge in [-0.2, -0.15) is 0 Å². The van der Waals surface area contributed by atoms with Crippen LogP contribution in [0.3, 0.4) is 0 Å². The first-order valence-corrected chi connectivity index (χ1v) is 9.48. The maximum absolute atomic E-state index is 12.1. The molecule has 0 saturated carbocycles. The Morgan fingerprint density at radius 1 is 1.14 bits per heavy atom. The first-order valence-electron chi connectivity index (χ1n) is 9.48. The van der Waals surface area contributed by atoms with Gasteiger partial charge in [0.15, 0.2) is 0 Å². The van der Waals surface area contributed by atoms with Crippen LogP contribution in [0.4, 0.5) is 11.5 Å². The molecule has 0 spiro atoms. The quantitative estimate of drug-likeness (QED) is 0.739. The second-order valence-corrected chi connectivity index (χ2v) is 6.62. The summed E-state index contributed by atoms with van der Waals surface area (Å²) in [4.78, 5) is 34.7. The van der Waals surface area contributed by atoms with E-state index in [1.807, 2.05) is 6.92 Å². The molecular formula is C20H25N5O3. The molecule has 2 heterocycles. The Morgan fingerprint density at radius 3 is 2.54 bits per heavy atom. The Morgan fingerprint density at radius 2 is 1.89 bits per heavy atom. The van der Waals surface area contributed by atoms with Crippen LogP contribution in [0.25, 0.3) is 0 Å². The van der Waals surface area contributed by atoms with Gasteiger partial charge in [-0.25, -0.2) is 4.98 Å². The van der Waals surface area contributed by atoms with Crippen LogP contribution in [0, 0.1) is 5.92 Å². The van der Waals surface area contributed by atoms with Crippen LogP contribution in [0.1, 0.15) is 19.8 Å². The third-order valence-corrected chi connectivity index (χ3v) is 4.67. The van der Waals surface area contributed by atoms with Crippen molar-refractivity contribution in [2.24, 2.45) is 5.92 Å². The van der Waals surface area contributed by atoms with E-state index in [1.165, 1.54) is 0 Å². The number of piperidine rings is 1. The van der Waals surface area contributed by atoms with Crippen molar-refractivity contribution < 1.29 is 14.3 Å². The molecule has 1 aromatic heterocycles. The Kier molecular flexibility index (Phi) is 6.78. The molecule has 0 bridgehead atoms. The minimum atomic E-state index is -0.666. The van der Waals surface area contributed by atoms with Gasteiger partial charge in [-0.3, -0.25) is 14.6 Å². The number of anilines is 2. The number of benzene rings is 1. The topological polar surface area (TPSA) is 96.4 Å². The summed E-state index contributed by atoms with van der Waals surface area (Å²) in [6.45, 7) is 4.68. The minimum absolute atomic E-state index is 0.343. The van der Waals surface area contributed by atoms with Gasteiger partial charge in [-0.1, -0.05) is 0 Å². The highest BCUT2D eigenvalue weighted by molar-refractivity contribution is 6.39. The molecule has 8 heteroatoms. The number of carbonyl (C=O) groups is 2. The normalized spacial score (nSPS) is 14.4. The number of amides is 2. The van der Waals surface area contributed by atoms with E-state index >= 15 is 0 Å². The van der Waals surface area contributed by atoms with Gasteiger partial charge < -0.3 is 20.3 Å². The molecule has 148 valence electrons. The lowest BCUT2D eigenvalue weighted by Gasteiger charge is -2.32. The Labute approximate surface area is 164 Å². The van der Waals surface area contributed by atoms with Gasteiger partial charge in [0, 0.05) is 37.7 Å². The van der Waals surface area contributed by atoms with Gasteiger partial charge in [-0.15, -0.1) is 0 Å². The molecule has 1 aromatic carbocycles. The van der Waals surface area contributed by atoms with Gasteiger partial charge in [-0.05, 0) is 49.9 Å². The second kappa shape index (κ2) is 9.68. The molecule has 0 radical (unpaired) electrons. The van der Waals surface area contributed by atoms with E-state index in [2.05, 4.69) is 25.5 Å². The van der Waals surface area contributed by atoms with Crippen LogP contribution < -0.4 is 20.3 Å². The van der Waals surface area contributed by atoms with E-state index in [1.54, 1.807) is 42.9 Å². The van der Waals surface area contributed by atoms with Crippen LogP contribution in [0.15, 0.2) is 42.9 Å². The molecule has 28 heavy (non-hydrogen) atoms. The van der Waals surface area contributed by atoms with Crippen molar-refractivity contribution in [3.63, 3.8) is 0 Å². The maximum atomic E-state index is 12.1. The number of nitrogens with zero attached hydrogens (tertiary/aromatic N) is 3. The zero-order valence-electron chi connectivity index (χ0n) is 15.9. The van der Waals surface area contributed by atoms with Crippen molar-refractivity contribution in [1.29, 1.82) is 0 Å². The van der Waals surface area contributed by atoms with Gasteiger partial charge in [0.2, 0.25) is 0 Å².